The molecule has 61 heavy (non-hydrogen) atoms. The van der Waals surface area contributed by atoms with E-state index >= 15 is 0 Å². The van der Waals surface area contributed by atoms with Crippen molar-refractivity contribution in [3.8, 4) is 39.5 Å². The molecule has 4 atom stereocenters. The standard InChI is InChI=1S/C45H55N9O7/c1-25(2)38(50-44(57)60-6)42(55)53-16-7-10-34(53)40-46-23-31(48-40)27-13-15-33-29(20-27)21-36-30-14-12-28(22-37(30)61-19-9-18-52(33)36)32-24-47-41(49-32)35-11-8-17-54(35)43(56)39(26(3)4)51(5)45(58)59/h12-15,20-26,34-35,38-39H,7-11,16-19H2,1-6H3,(H,46,48)(H,47,49)(H,50,57)(H,58,59)/t34-,35-,38-,39-/m0/s1. The number of carbonyl (C=O) groups excluding carboxylic acids is 3. The Bertz CT molecular complexity index is 2450. The third-order valence-corrected chi connectivity index (χ3v) is 12.5. The number of imidazole rings is 2. The van der Waals surface area contributed by atoms with E-state index in [-0.39, 0.29) is 35.7 Å². The molecule has 3 aliphatic rings. The van der Waals surface area contributed by atoms with Crippen molar-refractivity contribution in [2.75, 3.05) is 33.9 Å². The fourth-order valence-electron chi connectivity index (χ4n) is 9.33. The third-order valence-electron chi connectivity index (χ3n) is 12.5. The second-order valence-electron chi connectivity index (χ2n) is 17.1. The van der Waals surface area contributed by atoms with E-state index in [0.29, 0.717) is 31.3 Å². The highest BCUT2D eigenvalue weighted by Crippen LogP contribution is 2.41. The van der Waals surface area contributed by atoms with Crippen LogP contribution in [0.5, 0.6) is 5.75 Å². The maximum absolute atomic E-state index is 13.8. The number of H-pyrrole nitrogens is 2. The number of nitrogens with one attached hydrogen (secondary N) is 3. The number of nitrogens with zero attached hydrogens (tertiary/aromatic N) is 6. The number of ether oxygens (including phenoxy) is 2. The molecule has 4 N–H and O–H groups in total. The number of benzene rings is 2. The zero-order valence-electron chi connectivity index (χ0n) is 35.6. The van der Waals surface area contributed by atoms with E-state index in [4.69, 9.17) is 19.4 Å². The van der Waals surface area contributed by atoms with Gasteiger partial charge in [0.05, 0.1) is 55.3 Å². The first-order valence-electron chi connectivity index (χ1n) is 21.3. The minimum atomic E-state index is -1.13. The number of methoxy groups -OCH3 is 1. The van der Waals surface area contributed by atoms with Crippen molar-refractivity contribution in [2.45, 2.75) is 90.5 Å². The number of carboxylic acid groups (broad SMARTS) is 1. The predicted molar refractivity (Wildman–Crippen MR) is 229 cm³/mol. The number of amides is 4. The summed E-state index contributed by atoms with van der Waals surface area (Å²) < 4.78 is 13.5. The molecule has 3 aromatic heterocycles. The molecule has 5 aromatic rings. The molecule has 4 amide bonds. The van der Waals surface area contributed by atoms with Crippen molar-refractivity contribution < 1.29 is 33.8 Å². The number of rotatable bonds is 10. The summed E-state index contributed by atoms with van der Waals surface area (Å²) in [7, 11) is 2.74. The lowest BCUT2D eigenvalue weighted by Gasteiger charge is -2.33. The van der Waals surface area contributed by atoms with Crippen LogP contribution >= 0.6 is 0 Å². The number of aryl methyl sites for hydroxylation is 1. The third kappa shape index (κ3) is 7.90. The molecule has 322 valence electrons. The van der Waals surface area contributed by atoms with Crippen molar-refractivity contribution in [1.29, 1.82) is 0 Å². The number of aromatic nitrogens is 5. The number of fused-ring (bicyclic) bond motifs is 5. The summed E-state index contributed by atoms with van der Waals surface area (Å²) in [5.41, 5.74) is 6.68. The molecular formula is C45H55N9O7. The highest BCUT2D eigenvalue weighted by molar-refractivity contribution is 5.92. The molecule has 0 unspecified atom stereocenters. The maximum atomic E-state index is 13.8. The molecule has 2 saturated heterocycles. The van der Waals surface area contributed by atoms with Gasteiger partial charge in [-0.2, -0.15) is 0 Å². The fourth-order valence-corrected chi connectivity index (χ4v) is 9.33. The molecule has 0 bridgehead atoms. The number of likely N-dealkylation sites (tertiary alicyclic amines) is 2. The molecule has 3 aliphatic heterocycles. The monoisotopic (exact) mass is 833 g/mol. The van der Waals surface area contributed by atoms with E-state index in [0.717, 1.165) is 94.0 Å². The van der Waals surface area contributed by atoms with Crippen LogP contribution in [0.25, 0.3) is 44.7 Å². The predicted octanol–water partition coefficient (Wildman–Crippen LogP) is 7.21. The van der Waals surface area contributed by atoms with Crippen LogP contribution in [0.3, 0.4) is 0 Å². The van der Waals surface area contributed by atoms with Crippen LogP contribution in [-0.4, -0.2) is 114 Å². The first kappa shape index (κ1) is 41.4. The van der Waals surface area contributed by atoms with Gasteiger partial charge in [0.2, 0.25) is 11.8 Å². The van der Waals surface area contributed by atoms with Crippen molar-refractivity contribution in [3.05, 3.63) is 66.5 Å². The van der Waals surface area contributed by atoms with Gasteiger partial charge in [-0.25, -0.2) is 19.6 Å². The molecular weight excluding hydrogens is 779 g/mol. The largest absolute Gasteiger partial charge is 0.493 e. The molecule has 16 heteroatoms. The topological polar surface area (TPSA) is 191 Å². The Labute approximate surface area is 354 Å². The summed E-state index contributed by atoms with van der Waals surface area (Å²) in [5, 5.41) is 13.5. The summed E-state index contributed by atoms with van der Waals surface area (Å²) >= 11 is 0. The molecule has 6 heterocycles. The van der Waals surface area contributed by atoms with Crippen molar-refractivity contribution in [3.63, 3.8) is 0 Å². The average molecular weight is 834 g/mol. The first-order valence-corrected chi connectivity index (χ1v) is 21.3. The van der Waals surface area contributed by atoms with E-state index in [9.17, 15) is 24.3 Å². The second-order valence-corrected chi connectivity index (χ2v) is 17.1. The van der Waals surface area contributed by atoms with Crippen LogP contribution in [0, 0.1) is 11.8 Å². The van der Waals surface area contributed by atoms with Crippen LogP contribution < -0.4 is 10.1 Å². The molecule has 2 fully saturated rings. The van der Waals surface area contributed by atoms with Crippen molar-refractivity contribution in [2.24, 2.45) is 11.8 Å². The number of likely N-dealkylation sites (N-methyl/N-ethyl adjacent to an activating group) is 1. The normalized spacial score (nSPS) is 18.6. The Morgan fingerprint density at radius 3 is 2.07 bits per heavy atom. The Kier molecular flexibility index (Phi) is 11.5. The van der Waals surface area contributed by atoms with Gasteiger partial charge in [-0.15, -0.1) is 0 Å². The van der Waals surface area contributed by atoms with E-state index < -0.39 is 24.3 Å². The van der Waals surface area contributed by atoms with Crippen LogP contribution in [0.1, 0.15) is 83.5 Å². The zero-order chi connectivity index (χ0) is 43.1. The fraction of sp³-hybridized carbons (Fsp3) is 0.467. The van der Waals surface area contributed by atoms with Gasteiger partial charge in [0.25, 0.3) is 0 Å². The van der Waals surface area contributed by atoms with Gasteiger partial charge in [0, 0.05) is 54.3 Å². The van der Waals surface area contributed by atoms with Gasteiger partial charge in [0.15, 0.2) is 0 Å². The molecule has 0 aliphatic carbocycles. The van der Waals surface area contributed by atoms with Gasteiger partial charge in [-0.3, -0.25) is 14.5 Å². The number of hydrogen-bond donors (Lipinski definition) is 4. The molecule has 8 rings (SSSR count). The molecule has 0 radical (unpaired) electrons. The van der Waals surface area contributed by atoms with Gasteiger partial charge in [-0.05, 0) is 74.3 Å². The van der Waals surface area contributed by atoms with Crippen LogP contribution in [0.4, 0.5) is 9.59 Å². The summed E-state index contributed by atoms with van der Waals surface area (Å²) in [6.07, 6.45) is 5.82. The average Bonchev–Trinajstić information content (AvgIpc) is 4.09. The molecule has 2 aromatic carbocycles. The quantitative estimate of drug-likeness (QED) is 0.113. The Morgan fingerprint density at radius 1 is 0.836 bits per heavy atom. The van der Waals surface area contributed by atoms with E-state index in [1.807, 2.05) is 44.9 Å². The van der Waals surface area contributed by atoms with Crippen molar-refractivity contribution >= 4 is 34.9 Å². The Hall–Kier alpha value is -6.32. The van der Waals surface area contributed by atoms with Crippen LogP contribution in [0.2, 0.25) is 0 Å². The SMILES string of the molecule is COC(=O)N[C@H](C(=O)N1CCC[C@H]1c1ncc(-c2ccc3c(c2)cc2n3CCCOc3cc(-c4cnc([C@@H]5CCCN5C(=O)[C@H](C(C)C)N(C)C(=O)O)[nH]4)ccc3-2)[nH]1)C(C)C. The second kappa shape index (κ2) is 17.0. The zero-order valence-corrected chi connectivity index (χ0v) is 35.6. The van der Waals surface area contributed by atoms with Gasteiger partial charge in [0.1, 0.15) is 29.5 Å². The highest BCUT2D eigenvalue weighted by Gasteiger charge is 2.40. The smallest absolute Gasteiger partial charge is 0.407 e. The van der Waals surface area contributed by atoms with Crippen molar-refractivity contribution in [1.82, 2.24) is 44.5 Å². The molecule has 0 saturated carbocycles. The van der Waals surface area contributed by atoms with Gasteiger partial charge < -0.3 is 44.2 Å². The summed E-state index contributed by atoms with van der Waals surface area (Å²) in [6.45, 7) is 10.0. The Balaban J connectivity index is 1.03. The minimum Gasteiger partial charge on any atom is -0.493 e. The van der Waals surface area contributed by atoms with Crippen LogP contribution in [-0.2, 0) is 20.9 Å². The van der Waals surface area contributed by atoms with Gasteiger partial charge >= 0.3 is 12.2 Å². The minimum absolute atomic E-state index is 0.118. The van der Waals surface area contributed by atoms with E-state index in [1.54, 1.807) is 11.1 Å². The number of carbonyl (C=O) groups is 4. The number of hydrogen-bond acceptors (Lipinski definition) is 8. The molecule has 16 nitrogen and oxygen atoms in total. The summed E-state index contributed by atoms with van der Waals surface area (Å²) in [6, 6.07) is 12.8. The lowest BCUT2D eigenvalue weighted by atomic mass is 10.0. The first-order chi connectivity index (χ1) is 29.3. The number of alkyl carbamates (subject to hydrolysis) is 1. The van der Waals surface area contributed by atoms with Gasteiger partial charge in [-0.1, -0.05) is 39.8 Å². The number of aromatic amines is 2. The lowest BCUT2D eigenvalue weighted by Crippen LogP contribution is -2.51. The summed E-state index contributed by atoms with van der Waals surface area (Å²) in [5.74, 6) is 1.50. The Morgan fingerprint density at radius 2 is 1.46 bits per heavy atom. The summed E-state index contributed by atoms with van der Waals surface area (Å²) in [4.78, 5) is 72.5. The highest BCUT2D eigenvalue weighted by atomic mass is 16.5. The molecule has 0 spiro atoms. The van der Waals surface area contributed by atoms with Crippen LogP contribution in [0.15, 0.2) is 54.9 Å². The lowest BCUT2D eigenvalue weighted by molar-refractivity contribution is -0.138. The van der Waals surface area contributed by atoms with E-state index in [2.05, 4.69) is 56.3 Å². The van der Waals surface area contributed by atoms with E-state index in [1.165, 1.54) is 14.2 Å². The maximum Gasteiger partial charge on any atom is 0.407 e.